The molecule has 0 bridgehead atoms. The molecule has 2 heteroatoms. The maximum atomic E-state index is 11.4. The Morgan fingerprint density at radius 2 is 2.08 bits per heavy atom. The van der Waals surface area contributed by atoms with Gasteiger partial charge in [-0.15, -0.1) is 0 Å². The molecule has 0 aliphatic rings. The molecule has 0 aliphatic heterocycles. The molecule has 1 nitrogen and oxygen atoms in total. The molecule has 0 saturated heterocycles. The highest BCUT2D eigenvalue weighted by atomic mass is 35.5. The van der Waals surface area contributed by atoms with Gasteiger partial charge in [-0.25, -0.2) is 0 Å². The zero-order chi connectivity index (χ0) is 9.84. The van der Waals surface area contributed by atoms with E-state index in [1.165, 1.54) is 11.6 Å². The molecule has 0 saturated carbocycles. The van der Waals surface area contributed by atoms with Crippen LogP contribution in [0.1, 0.15) is 21.5 Å². The van der Waals surface area contributed by atoms with Gasteiger partial charge in [0.1, 0.15) is 0 Å². The molecule has 1 aromatic carbocycles. The summed E-state index contributed by atoms with van der Waals surface area (Å²) in [6.45, 7) is 3.92. The summed E-state index contributed by atoms with van der Waals surface area (Å²) in [5.74, 6) is -0.0486. The molecule has 0 radical (unpaired) electrons. The Labute approximate surface area is 83.0 Å². The van der Waals surface area contributed by atoms with Gasteiger partial charge >= 0.3 is 0 Å². The Balaban J connectivity index is 3.09. The van der Waals surface area contributed by atoms with Crippen LogP contribution >= 0.6 is 11.6 Å². The molecule has 1 aromatic rings. The Kier molecular flexibility index (Phi) is 3.26. The fraction of sp³-hybridized carbons (Fsp3) is 0.182. The second-order valence-electron chi connectivity index (χ2n) is 2.98. The van der Waals surface area contributed by atoms with E-state index in [-0.39, 0.29) is 5.78 Å². The van der Waals surface area contributed by atoms with E-state index in [1.807, 2.05) is 32.0 Å². The average Bonchev–Trinajstić information content (AvgIpc) is 2.04. The van der Waals surface area contributed by atoms with Crippen molar-refractivity contribution in [2.75, 3.05) is 0 Å². The third-order valence-electron chi connectivity index (χ3n) is 1.86. The summed E-state index contributed by atoms with van der Waals surface area (Å²) in [7, 11) is 0. The Morgan fingerprint density at radius 3 is 2.62 bits per heavy atom. The lowest BCUT2D eigenvalue weighted by Gasteiger charge is -2.02. The van der Waals surface area contributed by atoms with Gasteiger partial charge < -0.3 is 0 Å². The molecule has 0 spiro atoms. The first-order valence-electron chi connectivity index (χ1n) is 4.03. The molecule has 0 aliphatic carbocycles. The summed E-state index contributed by atoms with van der Waals surface area (Å²) in [6.07, 6.45) is 1.36. The van der Waals surface area contributed by atoms with Crippen LogP contribution in [-0.4, -0.2) is 5.78 Å². The fourth-order valence-corrected chi connectivity index (χ4v) is 1.35. The van der Waals surface area contributed by atoms with E-state index >= 15 is 0 Å². The number of carbonyl (C=O) groups is 1. The summed E-state index contributed by atoms with van der Waals surface area (Å²) in [5, 5.41) is 0. The summed E-state index contributed by atoms with van der Waals surface area (Å²) in [4.78, 5) is 11.4. The van der Waals surface area contributed by atoms with Gasteiger partial charge in [-0.2, -0.15) is 0 Å². The van der Waals surface area contributed by atoms with Crippen LogP contribution in [-0.2, 0) is 0 Å². The predicted octanol–water partition coefficient (Wildman–Crippen LogP) is 3.24. The van der Waals surface area contributed by atoms with Crippen molar-refractivity contribution in [2.24, 2.45) is 0 Å². The lowest BCUT2D eigenvalue weighted by Crippen LogP contribution is -1.97. The molecule has 13 heavy (non-hydrogen) atoms. The van der Waals surface area contributed by atoms with Crippen LogP contribution in [0.5, 0.6) is 0 Å². The molecule has 0 N–H and O–H groups in total. The van der Waals surface area contributed by atoms with Crippen LogP contribution < -0.4 is 0 Å². The number of ketones is 1. The summed E-state index contributed by atoms with van der Waals surface area (Å²) in [5.41, 5.74) is 4.09. The molecule has 0 unspecified atom stereocenters. The summed E-state index contributed by atoms with van der Waals surface area (Å²) in [6, 6.07) is 5.72. The maximum Gasteiger partial charge on any atom is 0.186 e. The van der Waals surface area contributed by atoms with Gasteiger partial charge in [0.15, 0.2) is 5.78 Å². The van der Waals surface area contributed by atoms with Crippen molar-refractivity contribution >= 4 is 17.4 Å². The van der Waals surface area contributed by atoms with Crippen LogP contribution in [0.2, 0.25) is 0 Å². The highest BCUT2D eigenvalue weighted by molar-refractivity contribution is 6.27. The zero-order valence-electron chi connectivity index (χ0n) is 7.67. The third-order valence-corrected chi connectivity index (χ3v) is 1.99. The third kappa shape index (κ3) is 2.43. The quantitative estimate of drug-likeness (QED) is 0.522. The number of hydrogen-bond donors (Lipinski definition) is 0. The van der Waals surface area contributed by atoms with Crippen molar-refractivity contribution in [1.29, 1.82) is 0 Å². The van der Waals surface area contributed by atoms with E-state index in [9.17, 15) is 4.79 Å². The highest BCUT2D eigenvalue weighted by Crippen LogP contribution is 2.11. The first-order chi connectivity index (χ1) is 6.15. The molecule has 0 fully saturated rings. The van der Waals surface area contributed by atoms with Crippen molar-refractivity contribution in [2.45, 2.75) is 13.8 Å². The van der Waals surface area contributed by atoms with Crippen LogP contribution in [0.4, 0.5) is 0 Å². The van der Waals surface area contributed by atoms with Gasteiger partial charge in [0.25, 0.3) is 0 Å². The van der Waals surface area contributed by atoms with Crippen molar-refractivity contribution < 1.29 is 4.79 Å². The Morgan fingerprint density at radius 1 is 1.38 bits per heavy atom. The lowest BCUT2D eigenvalue weighted by molar-refractivity contribution is 0.104. The largest absolute Gasteiger partial charge is 0.289 e. The van der Waals surface area contributed by atoms with Gasteiger partial charge in [-0.3, -0.25) is 4.79 Å². The SMILES string of the molecule is Cc1ccc(C(=O)C=CCl)c(C)c1. The molecule has 0 atom stereocenters. The number of halogens is 1. The predicted molar refractivity (Wildman–Crippen MR) is 55.2 cm³/mol. The second-order valence-corrected chi connectivity index (χ2v) is 3.23. The Bertz CT molecular complexity index is 353. The van der Waals surface area contributed by atoms with Crippen LogP contribution in [0.15, 0.2) is 29.8 Å². The standard InChI is InChI=1S/C11H11ClO/c1-8-3-4-10(9(2)7-8)11(13)5-6-12/h3-7H,1-2H3. The highest BCUT2D eigenvalue weighted by Gasteiger charge is 2.04. The van der Waals surface area contributed by atoms with E-state index in [0.29, 0.717) is 5.56 Å². The van der Waals surface area contributed by atoms with Crippen molar-refractivity contribution in [1.82, 2.24) is 0 Å². The molecular weight excluding hydrogens is 184 g/mol. The number of rotatable bonds is 2. The smallest absolute Gasteiger partial charge is 0.186 e. The van der Waals surface area contributed by atoms with E-state index in [4.69, 9.17) is 11.6 Å². The minimum atomic E-state index is -0.0486. The second kappa shape index (κ2) is 4.24. The van der Waals surface area contributed by atoms with E-state index in [2.05, 4.69) is 0 Å². The first kappa shape index (κ1) is 10.0. The van der Waals surface area contributed by atoms with Crippen molar-refractivity contribution in [3.8, 4) is 0 Å². The minimum Gasteiger partial charge on any atom is -0.289 e. The van der Waals surface area contributed by atoms with Crippen molar-refractivity contribution in [3.05, 3.63) is 46.5 Å². The molecule has 0 amide bonds. The van der Waals surface area contributed by atoms with Crippen molar-refractivity contribution in [3.63, 3.8) is 0 Å². The molecule has 0 aromatic heterocycles. The number of benzene rings is 1. The molecule has 1 rings (SSSR count). The molecular formula is C11H11ClO. The van der Waals surface area contributed by atoms with Crippen LogP contribution in [0.25, 0.3) is 0 Å². The summed E-state index contributed by atoms with van der Waals surface area (Å²) >= 11 is 5.33. The lowest BCUT2D eigenvalue weighted by atomic mass is 10.0. The monoisotopic (exact) mass is 194 g/mol. The van der Waals surface area contributed by atoms with E-state index in [1.54, 1.807) is 0 Å². The van der Waals surface area contributed by atoms with E-state index in [0.717, 1.165) is 11.1 Å². The van der Waals surface area contributed by atoms with Gasteiger partial charge in [-0.1, -0.05) is 35.4 Å². The Hall–Kier alpha value is -1.08. The fourth-order valence-electron chi connectivity index (χ4n) is 1.24. The average molecular weight is 195 g/mol. The summed E-state index contributed by atoms with van der Waals surface area (Å²) < 4.78 is 0. The molecule has 0 heterocycles. The minimum absolute atomic E-state index is 0.0486. The van der Waals surface area contributed by atoms with Gasteiger partial charge in [0.05, 0.1) is 0 Å². The maximum absolute atomic E-state index is 11.4. The first-order valence-corrected chi connectivity index (χ1v) is 4.47. The van der Waals surface area contributed by atoms with Crippen LogP contribution in [0.3, 0.4) is 0 Å². The number of hydrogen-bond acceptors (Lipinski definition) is 1. The molecule has 68 valence electrons. The van der Waals surface area contributed by atoms with Gasteiger partial charge in [0, 0.05) is 11.1 Å². The number of carbonyl (C=O) groups excluding carboxylic acids is 1. The van der Waals surface area contributed by atoms with E-state index < -0.39 is 0 Å². The van der Waals surface area contributed by atoms with Gasteiger partial charge in [0.2, 0.25) is 0 Å². The number of allylic oxidation sites excluding steroid dienone is 1. The number of aryl methyl sites for hydroxylation is 2. The normalized spacial score (nSPS) is 10.7. The topological polar surface area (TPSA) is 17.1 Å². The van der Waals surface area contributed by atoms with Gasteiger partial charge in [-0.05, 0) is 25.5 Å². The zero-order valence-corrected chi connectivity index (χ0v) is 8.43. The van der Waals surface area contributed by atoms with Crippen LogP contribution in [0, 0.1) is 13.8 Å².